The van der Waals surface area contributed by atoms with Gasteiger partial charge in [-0.1, -0.05) is 13.8 Å². The van der Waals surface area contributed by atoms with Crippen molar-refractivity contribution >= 4 is 0 Å². The van der Waals surface area contributed by atoms with Gasteiger partial charge in [-0.15, -0.1) is 0 Å². The van der Waals surface area contributed by atoms with E-state index in [2.05, 4.69) is 44.8 Å². The molecule has 1 heterocycles. The van der Waals surface area contributed by atoms with E-state index in [9.17, 15) is 0 Å². The predicted molar refractivity (Wildman–Crippen MR) is 64.2 cm³/mol. The molecular formula is C12H26N2O. The lowest BCUT2D eigenvalue weighted by Crippen LogP contribution is -2.52. The summed E-state index contributed by atoms with van der Waals surface area (Å²) in [5.74, 6) is 0. The van der Waals surface area contributed by atoms with Crippen LogP contribution in [0.5, 0.6) is 0 Å². The number of nitrogens with one attached hydrogen (secondary N) is 1. The van der Waals surface area contributed by atoms with Crippen molar-refractivity contribution in [1.82, 2.24) is 10.2 Å². The smallest absolute Gasteiger partial charge is 0.0678 e. The van der Waals surface area contributed by atoms with E-state index in [1.54, 1.807) is 0 Å². The molecule has 0 aromatic carbocycles. The van der Waals surface area contributed by atoms with Gasteiger partial charge in [-0.05, 0) is 20.8 Å². The van der Waals surface area contributed by atoms with Crippen molar-refractivity contribution in [3.8, 4) is 0 Å². The van der Waals surface area contributed by atoms with Crippen LogP contribution in [-0.2, 0) is 4.74 Å². The summed E-state index contributed by atoms with van der Waals surface area (Å²) in [4.78, 5) is 2.52. The van der Waals surface area contributed by atoms with Gasteiger partial charge in [0.25, 0.3) is 0 Å². The van der Waals surface area contributed by atoms with Gasteiger partial charge in [0.1, 0.15) is 0 Å². The number of hydrogen-bond donors (Lipinski definition) is 1. The summed E-state index contributed by atoms with van der Waals surface area (Å²) in [5.41, 5.74) is 0. The first-order chi connectivity index (χ1) is 6.99. The van der Waals surface area contributed by atoms with Gasteiger partial charge >= 0.3 is 0 Å². The quantitative estimate of drug-likeness (QED) is 0.767. The minimum atomic E-state index is 0.371. The van der Waals surface area contributed by atoms with Crippen LogP contribution in [-0.4, -0.2) is 48.8 Å². The highest BCUT2D eigenvalue weighted by atomic mass is 16.5. The Hall–Kier alpha value is -0.120. The highest BCUT2D eigenvalue weighted by Crippen LogP contribution is 2.13. The molecule has 0 amide bonds. The van der Waals surface area contributed by atoms with E-state index in [0.717, 1.165) is 19.6 Å². The Morgan fingerprint density at radius 1 is 1.20 bits per heavy atom. The summed E-state index contributed by atoms with van der Waals surface area (Å²) >= 11 is 0. The molecule has 1 N–H and O–H groups in total. The van der Waals surface area contributed by atoms with E-state index in [0.29, 0.717) is 24.3 Å². The van der Waals surface area contributed by atoms with Gasteiger partial charge in [0.15, 0.2) is 0 Å². The zero-order chi connectivity index (χ0) is 11.4. The van der Waals surface area contributed by atoms with Crippen LogP contribution in [0, 0.1) is 0 Å². The Morgan fingerprint density at radius 2 is 1.73 bits per heavy atom. The average molecular weight is 214 g/mol. The zero-order valence-corrected chi connectivity index (χ0v) is 10.8. The molecule has 1 fully saturated rings. The standard InChI is InChI=1S/C12H26N2O/c1-9(2)13-6-10(3)14-7-11(4)15-12(5)8-14/h9-13H,6-8H2,1-5H3. The summed E-state index contributed by atoms with van der Waals surface area (Å²) in [5, 5.41) is 3.49. The van der Waals surface area contributed by atoms with Crippen molar-refractivity contribution in [1.29, 1.82) is 0 Å². The Morgan fingerprint density at radius 3 is 2.20 bits per heavy atom. The van der Waals surface area contributed by atoms with E-state index in [1.165, 1.54) is 0 Å². The topological polar surface area (TPSA) is 24.5 Å². The minimum absolute atomic E-state index is 0.371. The van der Waals surface area contributed by atoms with Crippen LogP contribution >= 0.6 is 0 Å². The first-order valence-electron chi connectivity index (χ1n) is 6.12. The van der Waals surface area contributed by atoms with Crippen LogP contribution < -0.4 is 5.32 Å². The summed E-state index contributed by atoms with van der Waals surface area (Å²) < 4.78 is 5.73. The Kier molecular flexibility index (Phi) is 5.03. The Bertz CT molecular complexity index is 174. The maximum atomic E-state index is 5.73. The minimum Gasteiger partial charge on any atom is -0.373 e. The molecule has 3 atom stereocenters. The SMILES string of the molecule is CC(C)NCC(C)N1CC(C)OC(C)C1. The molecule has 1 aliphatic rings. The average Bonchev–Trinajstić information content (AvgIpc) is 2.12. The lowest BCUT2D eigenvalue weighted by molar-refractivity contribution is -0.0781. The first kappa shape index (κ1) is 12.9. The van der Waals surface area contributed by atoms with Crippen LogP contribution in [0.25, 0.3) is 0 Å². The van der Waals surface area contributed by atoms with Crippen molar-refractivity contribution < 1.29 is 4.74 Å². The fourth-order valence-electron chi connectivity index (χ4n) is 2.11. The third-order valence-electron chi connectivity index (χ3n) is 2.89. The van der Waals surface area contributed by atoms with E-state index < -0.39 is 0 Å². The first-order valence-corrected chi connectivity index (χ1v) is 6.12. The zero-order valence-electron chi connectivity index (χ0n) is 10.8. The second kappa shape index (κ2) is 5.83. The molecule has 1 aliphatic heterocycles. The number of rotatable bonds is 4. The van der Waals surface area contributed by atoms with Gasteiger partial charge in [0.2, 0.25) is 0 Å². The maximum absolute atomic E-state index is 5.73. The molecule has 0 aromatic rings. The maximum Gasteiger partial charge on any atom is 0.0678 e. The molecule has 15 heavy (non-hydrogen) atoms. The normalized spacial score (nSPS) is 30.8. The third-order valence-corrected chi connectivity index (χ3v) is 2.89. The highest BCUT2D eigenvalue weighted by Gasteiger charge is 2.25. The molecule has 0 aromatic heterocycles. The van der Waals surface area contributed by atoms with Crippen molar-refractivity contribution in [2.24, 2.45) is 0 Å². The Balaban J connectivity index is 2.34. The van der Waals surface area contributed by atoms with Gasteiger partial charge < -0.3 is 10.1 Å². The fourth-order valence-corrected chi connectivity index (χ4v) is 2.11. The van der Waals surface area contributed by atoms with E-state index >= 15 is 0 Å². The monoisotopic (exact) mass is 214 g/mol. The van der Waals surface area contributed by atoms with Crippen LogP contribution in [0.4, 0.5) is 0 Å². The fraction of sp³-hybridized carbons (Fsp3) is 1.00. The van der Waals surface area contributed by atoms with Gasteiger partial charge in [0, 0.05) is 31.7 Å². The van der Waals surface area contributed by atoms with Crippen LogP contribution in [0.15, 0.2) is 0 Å². The summed E-state index contributed by atoms with van der Waals surface area (Å²) in [7, 11) is 0. The number of morpholine rings is 1. The van der Waals surface area contributed by atoms with E-state index in [4.69, 9.17) is 4.74 Å². The van der Waals surface area contributed by atoms with Crippen molar-refractivity contribution in [3.63, 3.8) is 0 Å². The molecule has 0 bridgehead atoms. The lowest BCUT2D eigenvalue weighted by atomic mass is 10.1. The summed E-state index contributed by atoms with van der Waals surface area (Å²) in [6.07, 6.45) is 0.741. The van der Waals surface area contributed by atoms with E-state index in [-0.39, 0.29) is 0 Å². The predicted octanol–water partition coefficient (Wildman–Crippen LogP) is 1.48. The molecular weight excluding hydrogens is 188 g/mol. The lowest BCUT2D eigenvalue weighted by Gasteiger charge is -2.39. The molecule has 0 spiro atoms. The second-order valence-corrected chi connectivity index (χ2v) is 5.12. The molecule has 1 rings (SSSR count). The van der Waals surface area contributed by atoms with Gasteiger partial charge in [0.05, 0.1) is 12.2 Å². The van der Waals surface area contributed by atoms with Crippen LogP contribution in [0.2, 0.25) is 0 Å². The molecule has 1 saturated heterocycles. The Labute approximate surface area is 94.2 Å². The summed E-state index contributed by atoms with van der Waals surface area (Å²) in [6.45, 7) is 14.2. The number of hydrogen-bond acceptors (Lipinski definition) is 3. The molecule has 3 heteroatoms. The highest BCUT2D eigenvalue weighted by molar-refractivity contribution is 4.79. The molecule has 3 nitrogen and oxygen atoms in total. The molecule has 90 valence electrons. The van der Waals surface area contributed by atoms with Crippen LogP contribution in [0.1, 0.15) is 34.6 Å². The molecule has 3 unspecified atom stereocenters. The van der Waals surface area contributed by atoms with Gasteiger partial charge in [-0.2, -0.15) is 0 Å². The van der Waals surface area contributed by atoms with Crippen molar-refractivity contribution in [2.45, 2.75) is 58.9 Å². The van der Waals surface area contributed by atoms with Crippen molar-refractivity contribution in [3.05, 3.63) is 0 Å². The molecule has 0 saturated carbocycles. The van der Waals surface area contributed by atoms with Gasteiger partial charge in [-0.3, -0.25) is 4.90 Å². The van der Waals surface area contributed by atoms with Crippen molar-refractivity contribution in [2.75, 3.05) is 19.6 Å². The summed E-state index contributed by atoms with van der Waals surface area (Å²) in [6, 6.07) is 1.17. The third kappa shape index (κ3) is 4.49. The second-order valence-electron chi connectivity index (χ2n) is 5.12. The molecule has 0 aliphatic carbocycles. The number of nitrogens with zero attached hydrogens (tertiary/aromatic N) is 1. The molecule has 0 radical (unpaired) electrons. The van der Waals surface area contributed by atoms with Gasteiger partial charge in [-0.25, -0.2) is 0 Å². The van der Waals surface area contributed by atoms with Crippen LogP contribution in [0.3, 0.4) is 0 Å². The van der Waals surface area contributed by atoms with E-state index in [1.807, 2.05) is 0 Å². The number of ether oxygens (including phenoxy) is 1. The largest absolute Gasteiger partial charge is 0.373 e.